The molecule has 2 fully saturated rings. The van der Waals surface area contributed by atoms with Gasteiger partial charge in [0.2, 0.25) is 0 Å². The first-order chi connectivity index (χ1) is 9.76. The van der Waals surface area contributed by atoms with Crippen molar-refractivity contribution in [1.29, 1.82) is 0 Å². The van der Waals surface area contributed by atoms with Crippen LogP contribution in [-0.4, -0.2) is 42.4 Å². The van der Waals surface area contributed by atoms with Gasteiger partial charge in [0.15, 0.2) is 0 Å². The lowest BCUT2D eigenvalue weighted by Crippen LogP contribution is -2.62. The van der Waals surface area contributed by atoms with Crippen LogP contribution in [-0.2, 0) is 4.74 Å². The summed E-state index contributed by atoms with van der Waals surface area (Å²) in [6.45, 7) is 10.3. The second-order valence-corrected chi connectivity index (χ2v) is 7.82. The van der Waals surface area contributed by atoms with E-state index in [1.807, 2.05) is 0 Å². The minimum atomic E-state index is -0.0495. The van der Waals surface area contributed by atoms with Crippen molar-refractivity contribution in [2.24, 2.45) is 0 Å². The van der Waals surface area contributed by atoms with Gasteiger partial charge in [-0.2, -0.15) is 0 Å². The molecule has 2 aliphatic rings. The first kappa shape index (κ1) is 16.6. The molecule has 0 aromatic heterocycles. The molecule has 0 spiro atoms. The minimum Gasteiger partial charge on any atom is -0.378 e. The van der Waals surface area contributed by atoms with Crippen molar-refractivity contribution in [3.8, 4) is 0 Å². The fraction of sp³-hybridized carbons (Fsp3) is 0.938. The van der Waals surface area contributed by atoms with Crippen molar-refractivity contribution >= 4 is 6.03 Å². The second-order valence-electron chi connectivity index (χ2n) is 7.82. The molecule has 0 aromatic rings. The smallest absolute Gasteiger partial charge is 0.315 e. The molecule has 2 heterocycles. The van der Waals surface area contributed by atoms with Crippen LogP contribution in [0.2, 0.25) is 0 Å². The van der Waals surface area contributed by atoms with Crippen LogP contribution in [0.25, 0.3) is 0 Å². The molecular weight excluding hydrogens is 266 g/mol. The van der Waals surface area contributed by atoms with Gasteiger partial charge >= 0.3 is 6.03 Å². The summed E-state index contributed by atoms with van der Waals surface area (Å²) < 4.78 is 5.56. The Morgan fingerprint density at radius 1 is 1.24 bits per heavy atom. The molecule has 3 N–H and O–H groups in total. The third-order valence-electron chi connectivity index (χ3n) is 4.30. The molecule has 0 aromatic carbocycles. The fourth-order valence-corrected chi connectivity index (χ4v) is 3.88. The van der Waals surface area contributed by atoms with E-state index in [1.54, 1.807) is 0 Å². The van der Waals surface area contributed by atoms with Crippen LogP contribution >= 0.6 is 0 Å². The Hall–Kier alpha value is -0.810. The SMILES string of the molecule is CC1(C)CC(NC(=O)NCCC2CCCO2)CC(C)(C)N1. The molecule has 0 aliphatic carbocycles. The van der Waals surface area contributed by atoms with E-state index in [0.29, 0.717) is 12.6 Å². The highest BCUT2D eigenvalue weighted by atomic mass is 16.5. The highest BCUT2D eigenvalue weighted by Crippen LogP contribution is 2.28. The summed E-state index contributed by atoms with van der Waals surface area (Å²) >= 11 is 0. The zero-order valence-electron chi connectivity index (χ0n) is 13.9. The van der Waals surface area contributed by atoms with Crippen molar-refractivity contribution in [1.82, 2.24) is 16.0 Å². The molecule has 0 radical (unpaired) electrons. The maximum absolute atomic E-state index is 12.0. The Morgan fingerprint density at radius 2 is 1.90 bits per heavy atom. The van der Waals surface area contributed by atoms with E-state index >= 15 is 0 Å². The third-order valence-corrected chi connectivity index (χ3v) is 4.30. The normalized spacial score (nSPS) is 28.3. The monoisotopic (exact) mass is 297 g/mol. The van der Waals surface area contributed by atoms with Crippen molar-refractivity contribution < 1.29 is 9.53 Å². The van der Waals surface area contributed by atoms with Gasteiger partial charge in [-0.1, -0.05) is 0 Å². The molecule has 2 saturated heterocycles. The molecule has 2 rings (SSSR count). The molecule has 5 heteroatoms. The van der Waals surface area contributed by atoms with Crippen LogP contribution in [0.3, 0.4) is 0 Å². The predicted octanol–water partition coefficient (Wildman–Crippen LogP) is 2.16. The van der Waals surface area contributed by atoms with Crippen molar-refractivity contribution in [2.75, 3.05) is 13.2 Å². The summed E-state index contributed by atoms with van der Waals surface area (Å²) in [7, 11) is 0. The Balaban J connectivity index is 1.71. The second kappa shape index (κ2) is 6.53. The van der Waals surface area contributed by atoms with Gasteiger partial charge in [0.1, 0.15) is 0 Å². The highest BCUT2D eigenvalue weighted by Gasteiger charge is 2.38. The number of hydrogen-bond donors (Lipinski definition) is 3. The number of carbonyl (C=O) groups is 1. The van der Waals surface area contributed by atoms with Crippen LogP contribution in [0.1, 0.15) is 59.8 Å². The van der Waals surface area contributed by atoms with Crippen LogP contribution in [0.4, 0.5) is 4.79 Å². The molecule has 122 valence electrons. The van der Waals surface area contributed by atoms with Crippen molar-refractivity contribution in [3.63, 3.8) is 0 Å². The number of piperidine rings is 1. The maximum atomic E-state index is 12.0. The summed E-state index contributed by atoms with van der Waals surface area (Å²) in [6.07, 6.45) is 5.43. The number of amides is 2. The van der Waals surface area contributed by atoms with E-state index in [1.165, 1.54) is 0 Å². The van der Waals surface area contributed by atoms with Gasteiger partial charge in [0, 0.05) is 30.3 Å². The van der Waals surface area contributed by atoms with E-state index in [0.717, 1.165) is 38.7 Å². The number of ether oxygens (including phenoxy) is 1. The number of hydrogen-bond acceptors (Lipinski definition) is 3. The Kier molecular flexibility index (Phi) is 5.15. The van der Waals surface area contributed by atoms with Gasteiger partial charge in [0.25, 0.3) is 0 Å². The van der Waals surface area contributed by atoms with Gasteiger partial charge in [-0.15, -0.1) is 0 Å². The standard InChI is InChI=1S/C16H31N3O2/c1-15(2)10-12(11-16(3,4)19-15)18-14(20)17-8-7-13-6-5-9-21-13/h12-13,19H,5-11H2,1-4H3,(H2,17,18,20). The lowest BCUT2D eigenvalue weighted by molar-refractivity contribution is 0.104. The topological polar surface area (TPSA) is 62.4 Å². The van der Waals surface area contributed by atoms with Crippen LogP contribution < -0.4 is 16.0 Å². The lowest BCUT2D eigenvalue weighted by Gasteiger charge is -2.46. The Morgan fingerprint density at radius 3 is 2.48 bits per heavy atom. The molecule has 21 heavy (non-hydrogen) atoms. The largest absolute Gasteiger partial charge is 0.378 e. The Bertz CT molecular complexity index is 347. The molecular formula is C16H31N3O2. The number of urea groups is 1. The first-order valence-electron chi connectivity index (χ1n) is 8.21. The number of rotatable bonds is 4. The summed E-state index contributed by atoms with van der Waals surface area (Å²) in [6, 6.07) is 0.172. The maximum Gasteiger partial charge on any atom is 0.315 e. The average Bonchev–Trinajstić information content (AvgIpc) is 2.77. The highest BCUT2D eigenvalue weighted by molar-refractivity contribution is 5.74. The van der Waals surface area contributed by atoms with E-state index < -0.39 is 0 Å². The lowest BCUT2D eigenvalue weighted by atomic mass is 9.80. The van der Waals surface area contributed by atoms with E-state index in [2.05, 4.69) is 43.6 Å². The zero-order chi connectivity index (χ0) is 15.5. The van der Waals surface area contributed by atoms with Gasteiger partial charge in [-0.05, 0) is 59.8 Å². The molecule has 2 aliphatic heterocycles. The predicted molar refractivity (Wildman–Crippen MR) is 84.4 cm³/mol. The average molecular weight is 297 g/mol. The number of nitrogens with one attached hydrogen (secondary N) is 3. The summed E-state index contributed by atoms with van der Waals surface area (Å²) in [4.78, 5) is 12.0. The van der Waals surface area contributed by atoms with Crippen molar-refractivity contribution in [2.45, 2.75) is 83.0 Å². The van der Waals surface area contributed by atoms with Gasteiger partial charge in [-0.3, -0.25) is 0 Å². The van der Waals surface area contributed by atoms with Crippen LogP contribution in [0.5, 0.6) is 0 Å². The molecule has 1 unspecified atom stereocenters. The Labute approximate surface area is 128 Å². The van der Waals surface area contributed by atoms with E-state index in [9.17, 15) is 4.79 Å². The summed E-state index contributed by atoms with van der Waals surface area (Å²) in [5.41, 5.74) is 0.106. The molecule has 1 atom stereocenters. The molecule has 2 amide bonds. The third kappa shape index (κ3) is 5.47. The van der Waals surface area contributed by atoms with E-state index in [-0.39, 0.29) is 23.2 Å². The first-order valence-corrected chi connectivity index (χ1v) is 8.21. The molecule has 5 nitrogen and oxygen atoms in total. The van der Waals surface area contributed by atoms with Gasteiger partial charge in [-0.25, -0.2) is 4.79 Å². The van der Waals surface area contributed by atoms with Crippen molar-refractivity contribution in [3.05, 3.63) is 0 Å². The zero-order valence-corrected chi connectivity index (χ0v) is 13.9. The molecule has 0 bridgehead atoms. The van der Waals surface area contributed by atoms with E-state index in [4.69, 9.17) is 4.74 Å². The summed E-state index contributed by atoms with van der Waals surface area (Å²) in [5.74, 6) is 0. The van der Waals surface area contributed by atoms with Gasteiger partial charge < -0.3 is 20.7 Å². The fourth-order valence-electron chi connectivity index (χ4n) is 3.88. The number of carbonyl (C=O) groups excluding carboxylic acids is 1. The van der Waals surface area contributed by atoms with Gasteiger partial charge in [0.05, 0.1) is 6.10 Å². The molecule has 0 saturated carbocycles. The minimum absolute atomic E-state index is 0.0495. The summed E-state index contributed by atoms with van der Waals surface area (Å²) in [5, 5.41) is 9.71. The quantitative estimate of drug-likeness (QED) is 0.745. The van der Waals surface area contributed by atoms with Crippen LogP contribution in [0, 0.1) is 0 Å². The van der Waals surface area contributed by atoms with Crippen LogP contribution in [0.15, 0.2) is 0 Å².